The quantitative estimate of drug-likeness (QED) is 0.205. The first-order chi connectivity index (χ1) is 18.3. The van der Waals surface area contributed by atoms with E-state index in [1.165, 1.54) is 22.7 Å². The molecule has 38 heavy (non-hydrogen) atoms. The molecule has 1 N–H and O–H groups in total. The van der Waals surface area contributed by atoms with Crippen LogP contribution in [0.25, 0.3) is 0 Å². The van der Waals surface area contributed by atoms with Crippen molar-refractivity contribution in [2.24, 2.45) is 5.10 Å². The van der Waals surface area contributed by atoms with Gasteiger partial charge in [0, 0.05) is 11.6 Å². The molecule has 0 saturated heterocycles. The smallest absolute Gasteiger partial charge is 0.277 e. The van der Waals surface area contributed by atoms with Crippen LogP contribution in [-0.4, -0.2) is 31.5 Å². The van der Waals surface area contributed by atoms with Gasteiger partial charge < -0.3 is 9.15 Å². The van der Waals surface area contributed by atoms with Gasteiger partial charge in [0.25, 0.3) is 5.91 Å². The molecule has 0 aliphatic heterocycles. The minimum Gasteiger partial charge on any atom is -0.484 e. The highest BCUT2D eigenvalue weighted by Crippen LogP contribution is 2.23. The Morgan fingerprint density at radius 2 is 1.68 bits per heavy atom. The van der Waals surface area contributed by atoms with Crippen molar-refractivity contribution in [1.29, 1.82) is 0 Å². The van der Waals surface area contributed by atoms with Gasteiger partial charge in [0.1, 0.15) is 17.3 Å². The van der Waals surface area contributed by atoms with Gasteiger partial charge in [-0.25, -0.2) is 13.8 Å². The first-order valence-electron chi connectivity index (χ1n) is 11.7. The van der Waals surface area contributed by atoms with Gasteiger partial charge in [-0.05, 0) is 61.0 Å². The number of carbonyl (C=O) groups excluding carboxylic acids is 1. The second-order valence-electron chi connectivity index (χ2n) is 8.41. The summed E-state index contributed by atoms with van der Waals surface area (Å²) in [7, 11) is -3.86. The number of nitrogens with one attached hydrogen (secondary N) is 1. The third-order valence-corrected chi connectivity index (χ3v) is 7.50. The van der Waals surface area contributed by atoms with E-state index in [1.54, 1.807) is 36.4 Å². The molecule has 3 aromatic carbocycles. The van der Waals surface area contributed by atoms with Crippen LogP contribution in [0.4, 0.5) is 0 Å². The monoisotopic (exact) mass is 551 g/mol. The SMILES string of the molecule is Cc1ccc(CN(Cc2ccc(/C=N\NC(=O)COc3ccccc3)o2)S(=O)(=O)c2ccc(Cl)cc2)cc1. The minimum atomic E-state index is -3.86. The maximum atomic E-state index is 13.5. The number of amides is 1. The van der Waals surface area contributed by atoms with Gasteiger partial charge >= 0.3 is 0 Å². The molecule has 1 aromatic heterocycles. The summed E-state index contributed by atoms with van der Waals surface area (Å²) in [5.41, 5.74) is 4.28. The van der Waals surface area contributed by atoms with Crippen LogP contribution >= 0.6 is 11.6 Å². The summed E-state index contributed by atoms with van der Waals surface area (Å²) in [6.07, 6.45) is 1.34. The van der Waals surface area contributed by atoms with Crippen molar-refractivity contribution in [2.45, 2.75) is 24.9 Å². The molecule has 196 valence electrons. The lowest BCUT2D eigenvalue weighted by molar-refractivity contribution is -0.123. The number of carbonyl (C=O) groups is 1. The van der Waals surface area contributed by atoms with E-state index >= 15 is 0 Å². The molecule has 0 fully saturated rings. The van der Waals surface area contributed by atoms with E-state index in [-0.39, 0.29) is 24.6 Å². The van der Waals surface area contributed by atoms with Gasteiger partial charge in [-0.1, -0.05) is 59.6 Å². The van der Waals surface area contributed by atoms with Gasteiger partial charge in [0.15, 0.2) is 6.61 Å². The number of hydrogen-bond acceptors (Lipinski definition) is 6. The molecular weight excluding hydrogens is 526 g/mol. The van der Waals surface area contributed by atoms with E-state index in [0.717, 1.165) is 11.1 Å². The van der Waals surface area contributed by atoms with Crippen molar-refractivity contribution in [3.63, 3.8) is 0 Å². The molecule has 0 atom stereocenters. The highest BCUT2D eigenvalue weighted by molar-refractivity contribution is 7.89. The lowest BCUT2D eigenvalue weighted by Gasteiger charge is -2.21. The topological polar surface area (TPSA) is 101 Å². The van der Waals surface area contributed by atoms with E-state index in [2.05, 4.69) is 10.5 Å². The number of hydrogen-bond donors (Lipinski definition) is 1. The number of furan rings is 1. The fourth-order valence-electron chi connectivity index (χ4n) is 3.47. The Bertz CT molecular complexity index is 1490. The van der Waals surface area contributed by atoms with Crippen LogP contribution in [-0.2, 0) is 27.9 Å². The number of ether oxygens (including phenoxy) is 1. The number of hydrazone groups is 1. The molecule has 4 aromatic rings. The summed E-state index contributed by atoms with van der Waals surface area (Å²) in [5.74, 6) is 0.902. The molecule has 1 amide bonds. The molecule has 8 nitrogen and oxygen atoms in total. The summed E-state index contributed by atoms with van der Waals surface area (Å²) in [5, 5.41) is 4.33. The van der Waals surface area contributed by atoms with Crippen molar-refractivity contribution in [3.8, 4) is 5.75 Å². The summed E-state index contributed by atoms with van der Waals surface area (Å²) in [6, 6.07) is 26.0. The summed E-state index contributed by atoms with van der Waals surface area (Å²) < 4.78 is 39.5. The van der Waals surface area contributed by atoms with Crippen LogP contribution in [0.15, 0.2) is 105 Å². The zero-order valence-electron chi connectivity index (χ0n) is 20.6. The lowest BCUT2D eigenvalue weighted by Crippen LogP contribution is -2.30. The number of aryl methyl sites for hydroxylation is 1. The van der Waals surface area contributed by atoms with Crippen LogP contribution in [0.2, 0.25) is 5.02 Å². The van der Waals surface area contributed by atoms with Crippen molar-refractivity contribution in [2.75, 3.05) is 6.61 Å². The molecule has 1 heterocycles. The van der Waals surface area contributed by atoms with Crippen LogP contribution < -0.4 is 10.2 Å². The van der Waals surface area contributed by atoms with Crippen LogP contribution in [0.3, 0.4) is 0 Å². The number of nitrogens with zero attached hydrogens (tertiary/aromatic N) is 2. The van der Waals surface area contributed by atoms with E-state index in [4.69, 9.17) is 20.8 Å². The third kappa shape index (κ3) is 7.55. The van der Waals surface area contributed by atoms with Crippen molar-refractivity contribution in [3.05, 3.63) is 119 Å². The van der Waals surface area contributed by atoms with Crippen molar-refractivity contribution in [1.82, 2.24) is 9.73 Å². The van der Waals surface area contributed by atoms with Gasteiger partial charge in [-0.3, -0.25) is 4.79 Å². The Labute approximate surface area is 226 Å². The van der Waals surface area contributed by atoms with E-state index < -0.39 is 15.9 Å². The van der Waals surface area contributed by atoms with Crippen LogP contribution in [0.5, 0.6) is 5.75 Å². The van der Waals surface area contributed by atoms with E-state index in [0.29, 0.717) is 22.3 Å². The maximum Gasteiger partial charge on any atom is 0.277 e. The second-order valence-corrected chi connectivity index (χ2v) is 10.8. The van der Waals surface area contributed by atoms with Gasteiger partial charge in [-0.2, -0.15) is 9.41 Å². The Hall–Kier alpha value is -3.92. The summed E-state index contributed by atoms with van der Waals surface area (Å²) in [4.78, 5) is 12.1. The molecule has 10 heteroatoms. The molecule has 0 bridgehead atoms. The second kappa shape index (κ2) is 12.6. The average Bonchev–Trinajstić information content (AvgIpc) is 3.36. The largest absolute Gasteiger partial charge is 0.484 e. The maximum absolute atomic E-state index is 13.5. The van der Waals surface area contributed by atoms with Crippen LogP contribution in [0.1, 0.15) is 22.6 Å². The molecule has 0 unspecified atom stereocenters. The first kappa shape index (κ1) is 27.1. The van der Waals surface area contributed by atoms with Crippen LogP contribution in [0, 0.1) is 6.92 Å². The minimum absolute atomic E-state index is 0.00997. The standard InChI is InChI=1S/C28H26ClN3O5S/c1-21-7-9-22(10-8-21)18-32(38(34,35)27-15-11-23(29)12-16-27)19-26-14-13-25(37-26)17-30-31-28(33)20-36-24-5-3-2-4-6-24/h2-17H,18-20H2,1H3,(H,31,33)/b30-17-. The molecule has 0 aliphatic carbocycles. The summed E-state index contributed by atoms with van der Waals surface area (Å²) >= 11 is 5.96. The highest BCUT2D eigenvalue weighted by atomic mass is 35.5. The number of para-hydroxylation sites is 1. The Morgan fingerprint density at radius 3 is 2.39 bits per heavy atom. The Kier molecular flexibility index (Phi) is 8.96. The molecular formula is C28H26ClN3O5S. The Balaban J connectivity index is 1.43. The Morgan fingerprint density at radius 1 is 0.974 bits per heavy atom. The molecule has 0 aliphatic rings. The average molecular weight is 552 g/mol. The molecule has 0 radical (unpaired) electrons. The highest BCUT2D eigenvalue weighted by Gasteiger charge is 2.26. The van der Waals surface area contributed by atoms with E-state index in [9.17, 15) is 13.2 Å². The number of sulfonamides is 1. The zero-order chi connectivity index (χ0) is 27.0. The van der Waals surface area contributed by atoms with Gasteiger partial charge in [-0.15, -0.1) is 0 Å². The third-order valence-electron chi connectivity index (χ3n) is 5.44. The van der Waals surface area contributed by atoms with Gasteiger partial charge in [0.05, 0.1) is 17.7 Å². The summed E-state index contributed by atoms with van der Waals surface area (Å²) in [6.45, 7) is 1.91. The van der Waals surface area contributed by atoms with E-state index in [1.807, 2.05) is 49.4 Å². The number of benzene rings is 3. The number of halogens is 1. The van der Waals surface area contributed by atoms with Gasteiger partial charge in [0.2, 0.25) is 10.0 Å². The predicted molar refractivity (Wildman–Crippen MR) is 145 cm³/mol. The zero-order valence-corrected chi connectivity index (χ0v) is 22.2. The lowest BCUT2D eigenvalue weighted by atomic mass is 10.1. The van der Waals surface area contributed by atoms with Crippen molar-refractivity contribution < 1.29 is 22.4 Å². The normalized spacial score (nSPS) is 11.7. The molecule has 0 spiro atoms. The number of rotatable bonds is 11. The fourth-order valence-corrected chi connectivity index (χ4v) is 4.99. The molecule has 0 saturated carbocycles. The van der Waals surface area contributed by atoms with Crippen molar-refractivity contribution >= 4 is 33.7 Å². The fraction of sp³-hybridized carbons (Fsp3) is 0.143. The predicted octanol–water partition coefficient (Wildman–Crippen LogP) is 5.16. The molecule has 4 rings (SSSR count). The first-order valence-corrected chi connectivity index (χ1v) is 13.5.